The fourth-order valence-corrected chi connectivity index (χ4v) is 5.48. The molecular weight excluding hydrogens is 598 g/mol. The van der Waals surface area contributed by atoms with Gasteiger partial charge in [0.25, 0.3) is 0 Å². The van der Waals surface area contributed by atoms with Crippen molar-refractivity contribution in [2.45, 2.75) is 37.9 Å². The molecule has 3 amide bonds. The first-order valence-corrected chi connectivity index (χ1v) is 15.7. The highest BCUT2D eigenvalue weighted by Gasteiger charge is 2.26. The molecule has 236 valence electrons. The Hall–Kier alpha value is -5.08. The molecule has 2 atom stereocenters. The molecule has 1 aromatic heterocycles. The number of methoxy groups -OCH3 is 1. The number of hydrogen-bond acceptors (Lipinski definition) is 5. The van der Waals surface area contributed by atoms with Gasteiger partial charge in [0.15, 0.2) is 0 Å². The van der Waals surface area contributed by atoms with E-state index in [0.717, 1.165) is 46.3 Å². The quantitative estimate of drug-likeness (QED) is 0.101. The standard InChI is InChI=1S/C37H38ClN5O3/c1-25(41-32-24-31(46-2)23-29-16-10-21-39-34(29)32)11-9-22-40-37(45)43-35(28-17-19-30(38)20-18-28)36(44)42-33(26-12-5-3-6-13-26)27-14-7-4-8-15-27/h3-8,10,12-21,23-25,33,35,41H,9,11,22H2,1-2H3,(H,42,44)(H2,40,43,45). The number of amides is 3. The molecule has 5 rings (SSSR count). The summed E-state index contributed by atoms with van der Waals surface area (Å²) in [6.45, 7) is 2.52. The number of halogens is 1. The van der Waals surface area contributed by atoms with Gasteiger partial charge in [0.2, 0.25) is 5.91 Å². The van der Waals surface area contributed by atoms with Gasteiger partial charge in [0.1, 0.15) is 11.8 Å². The Morgan fingerprint density at radius 3 is 2.15 bits per heavy atom. The van der Waals surface area contributed by atoms with E-state index in [1.54, 1.807) is 37.6 Å². The zero-order valence-electron chi connectivity index (χ0n) is 25.9. The molecule has 46 heavy (non-hydrogen) atoms. The summed E-state index contributed by atoms with van der Waals surface area (Å²) < 4.78 is 5.46. The fraction of sp³-hybridized carbons (Fsp3) is 0.216. The van der Waals surface area contributed by atoms with Crippen molar-refractivity contribution in [3.05, 3.63) is 137 Å². The van der Waals surface area contributed by atoms with Crippen LogP contribution in [0.2, 0.25) is 5.02 Å². The third kappa shape index (κ3) is 8.55. The highest BCUT2D eigenvalue weighted by molar-refractivity contribution is 6.30. The number of fused-ring (bicyclic) bond motifs is 1. The van der Waals surface area contributed by atoms with Crippen LogP contribution in [0.3, 0.4) is 0 Å². The van der Waals surface area contributed by atoms with Crippen LogP contribution in [0.15, 0.2) is 115 Å². The number of anilines is 1. The molecular formula is C37H38ClN5O3. The number of rotatable bonds is 13. The van der Waals surface area contributed by atoms with E-state index in [-0.39, 0.29) is 11.9 Å². The maximum Gasteiger partial charge on any atom is 0.315 e. The number of hydrogen-bond donors (Lipinski definition) is 4. The zero-order chi connectivity index (χ0) is 32.3. The van der Waals surface area contributed by atoms with Gasteiger partial charge in [-0.25, -0.2) is 4.79 Å². The van der Waals surface area contributed by atoms with E-state index < -0.39 is 18.1 Å². The Bertz CT molecular complexity index is 1700. The monoisotopic (exact) mass is 635 g/mol. The average Bonchev–Trinajstić information content (AvgIpc) is 3.09. The van der Waals surface area contributed by atoms with Crippen LogP contribution in [-0.4, -0.2) is 36.6 Å². The maximum atomic E-state index is 13.8. The number of benzene rings is 4. The van der Waals surface area contributed by atoms with Crippen LogP contribution < -0.4 is 26.0 Å². The number of carbonyl (C=O) groups is 2. The molecule has 4 N–H and O–H groups in total. The fourth-order valence-electron chi connectivity index (χ4n) is 5.35. The van der Waals surface area contributed by atoms with Crippen molar-refractivity contribution in [3.8, 4) is 5.75 Å². The van der Waals surface area contributed by atoms with Crippen molar-refractivity contribution < 1.29 is 14.3 Å². The minimum atomic E-state index is -0.943. The number of nitrogens with one attached hydrogen (secondary N) is 4. The van der Waals surface area contributed by atoms with Gasteiger partial charge >= 0.3 is 6.03 Å². The van der Waals surface area contributed by atoms with Crippen LogP contribution in [0, 0.1) is 0 Å². The van der Waals surface area contributed by atoms with E-state index in [4.69, 9.17) is 16.3 Å². The zero-order valence-corrected chi connectivity index (χ0v) is 26.6. The third-order valence-corrected chi connectivity index (χ3v) is 7.96. The minimum absolute atomic E-state index is 0.114. The van der Waals surface area contributed by atoms with Crippen LogP contribution in [0.5, 0.6) is 5.75 Å². The third-order valence-electron chi connectivity index (χ3n) is 7.71. The molecule has 2 unspecified atom stereocenters. The molecule has 8 nitrogen and oxygen atoms in total. The molecule has 5 aromatic rings. The molecule has 0 aliphatic carbocycles. The minimum Gasteiger partial charge on any atom is -0.497 e. The number of nitrogens with zero attached hydrogens (tertiary/aromatic N) is 1. The molecule has 0 spiro atoms. The Labute approximate surface area is 274 Å². The lowest BCUT2D eigenvalue weighted by Gasteiger charge is -2.25. The maximum absolute atomic E-state index is 13.8. The number of pyridine rings is 1. The van der Waals surface area contributed by atoms with Gasteiger partial charge in [0.05, 0.1) is 24.4 Å². The van der Waals surface area contributed by atoms with Gasteiger partial charge in [-0.2, -0.15) is 0 Å². The summed E-state index contributed by atoms with van der Waals surface area (Å²) in [6.07, 6.45) is 3.29. The lowest BCUT2D eigenvalue weighted by Crippen LogP contribution is -2.45. The average molecular weight is 636 g/mol. The lowest BCUT2D eigenvalue weighted by atomic mass is 9.97. The van der Waals surface area contributed by atoms with Crippen LogP contribution in [-0.2, 0) is 4.79 Å². The summed E-state index contributed by atoms with van der Waals surface area (Å²) in [7, 11) is 1.65. The molecule has 0 aliphatic rings. The van der Waals surface area contributed by atoms with E-state index in [2.05, 4.69) is 33.2 Å². The molecule has 9 heteroatoms. The highest BCUT2D eigenvalue weighted by atomic mass is 35.5. The molecule has 0 saturated heterocycles. The first kappa shape index (κ1) is 32.3. The summed E-state index contributed by atoms with van der Waals surface area (Å²) in [5.41, 5.74) is 4.26. The Kier molecular flexibility index (Phi) is 11.1. The predicted octanol–water partition coefficient (Wildman–Crippen LogP) is 7.42. The van der Waals surface area contributed by atoms with Crippen molar-refractivity contribution in [2.24, 2.45) is 0 Å². The molecule has 0 saturated carbocycles. The van der Waals surface area contributed by atoms with Gasteiger partial charge in [-0.1, -0.05) is 90.5 Å². The summed E-state index contributed by atoms with van der Waals surface area (Å²) in [6, 6.07) is 32.5. The van der Waals surface area contributed by atoms with Crippen molar-refractivity contribution in [1.29, 1.82) is 0 Å². The Morgan fingerprint density at radius 2 is 1.50 bits per heavy atom. The van der Waals surface area contributed by atoms with E-state index in [1.807, 2.05) is 84.9 Å². The summed E-state index contributed by atoms with van der Waals surface area (Å²) >= 11 is 6.14. The summed E-state index contributed by atoms with van der Waals surface area (Å²) in [5, 5.41) is 14.0. The van der Waals surface area contributed by atoms with E-state index in [0.29, 0.717) is 17.1 Å². The Balaban J connectivity index is 1.21. The summed E-state index contributed by atoms with van der Waals surface area (Å²) in [4.78, 5) is 31.5. The highest BCUT2D eigenvalue weighted by Crippen LogP contribution is 2.29. The second kappa shape index (κ2) is 15.8. The number of aromatic nitrogens is 1. The van der Waals surface area contributed by atoms with Gasteiger partial charge < -0.3 is 26.0 Å². The Morgan fingerprint density at radius 1 is 0.826 bits per heavy atom. The topological polar surface area (TPSA) is 104 Å². The van der Waals surface area contributed by atoms with Crippen LogP contribution >= 0.6 is 11.6 Å². The van der Waals surface area contributed by atoms with Crippen LogP contribution in [0.4, 0.5) is 10.5 Å². The SMILES string of the molecule is COc1cc(NC(C)CCCNC(=O)NC(C(=O)NC(c2ccccc2)c2ccccc2)c2ccc(Cl)cc2)c2ncccc2c1. The van der Waals surface area contributed by atoms with Gasteiger partial charge in [-0.3, -0.25) is 9.78 Å². The van der Waals surface area contributed by atoms with Crippen molar-refractivity contribution >= 4 is 40.1 Å². The van der Waals surface area contributed by atoms with Crippen LogP contribution in [0.25, 0.3) is 10.9 Å². The van der Waals surface area contributed by atoms with E-state index in [9.17, 15) is 9.59 Å². The van der Waals surface area contributed by atoms with Gasteiger partial charge in [0, 0.05) is 35.3 Å². The molecule has 4 aromatic carbocycles. The molecule has 0 fully saturated rings. The second-order valence-electron chi connectivity index (χ2n) is 11.1. The molecule has 0 aliphatic heterocycles. The first-order valence-electron chi connectivity index (χ1n) is 15.3. The normalized spacial score (nSPS) is 12.3. The molecule has 0 bridgehead atoms. The lowest BCUT2D eigenvalue weighted by molar-refractivity contribution is -0.123. The van der Waals surface area contributed by atoms with Crippen molar-refractivity contribution in [2.75, 3.05) is 19.0 Å². The second-order valence-corrected chi connectivity index (χ2v) is 11.5. The summed E-state index contributed by atoms with van der Waals surface area (Å²) in [5.74, 6) is 0.416. The van der Waals surface area contributed by atoms with Crippen molar-refractivity contribution in [3.63, 3.8) is 0 Å². The molecule has 1 heterocycles. The smallest absolute Gasteiger partial charge is 0.315 e. The predicted molar refractivity (Wildman–Crippen MR) is 184 cm³/mol. The number of urea groups is 1. The van der Waals surface area contributed by atoms with Gasteiger partial charge in [-0.15, -0.1) is 0 Å². The number of carbonyl (C=O) groups excluding carboxylic acids is 2. The number of ether oxygens (including phenoxy) is 1. The van der Waals surface area contributed by atoms with E-state index in [1.165, 1.54) is 0 Å². The van der Waals surface area contributed by atoms with Gasteiger partial charge in [-0.05, 0) is 60.7 Å². The van der Waals surface area contributed by atoms with Crippen molar-refractivity contribution in [1.82, 2.24) is 20.9 Å². The largest absolute Gasteiger partial charge is 0.497 e. The first-order chi connectivity index (χ1) is 22.4. The van der Waals surface area contributed by atoms with E-state index >= 15 is 0 Å². The van der Waals surface area contributed by atoms with Crippen LogP contribution in [0.1, 0.15) is 48.5 Å². The molecule has 0 radical (unpaired) electrons.